The molecule has 1 aromatic carbocycles. The smallest absolute Gasteiger partial charge is 0.264 e. The molecule has 8 heteroatoms. The van der Waals surface area contributed by atoms with Crippen molar-refractivity contribution >= 4 is 10.0 Å². The first kappa shape index (κ1) is 18.5. The number of aromatic nitrogens is 3. The number of aromatic amines is 1. The lowest BCUT2D eigenvalue weighted by atomic mass is 10.0. The Labute approximate surface area is 162 Å². The highest BCUT2D eigenvalue weighted by atomic mass is 32.2. The molecule has 7 nitrogen and oxygen atoms in total. The van der Waals surface area contributed by atoms with Gasteiger partial charge in [-0.2, -0.15) is 5.10 Å². The topological polar surface area (TPSA) is 105 Å². The molecule has 0 saturated heterocycles. The lowest BCUT2D eigenvalue weighted by molar-refractivity contribution is 0.504. The Bertz CT molecular complexity index is 1120. The first-order valence-electron chi connectivity index (χ1n) is 9.09. The third kappa shape index (κ3) is 4.02. The normalized spacial score (nSPS) is 16.1. The SMILES string of the molecule is O=c1ccc(-c2ccc3c(c2)CC(CCNS(=O)(=O)c2cccnc2)C3)n[nH]1. The van der Waals surface area contributed by atoms with Crippen molar-refractivity contribution in [2.45, 2.75) is 24.2 Å². The fourth-order valence-corrected chi connectivity index (χ4v) is 4.58. The van der Waals surface area contributed by atoms with Gasteiger partial charge >= 0.3 is 0 Å². The summed E-state index contributed by atoms with van der Waals surface area (Å²) in [7, 11) is -3.52. The summed E-state index contributed by atoms with van der Waals surface area (Å²) in [6.45, 7) is 0.393. The monoisotopic (exact) mass is 396 g/mol. The highest BCUT2D eigenvalue weighted by molar-refractivity contribution is 7.89. The van der Waals surface area contributed by atoms with Crippen molar-refractivity contribution in [2.24, 2.45) is 5.92 Å². The minimum atomic E-state index is -3.52. The van der Waals surface area contributed by atoms with Gasteiger partial charge in [0.15, 0.2) is 0 Å². The van der Waals surface area contributed by atoms with E-state index in [2.05, 4.69) is 32.0 Å². The molecular formula is C20H20N4O3S. The summed E-state index contributed by atoms with van der Waals surface area (Å²) in [4.78, 5) is 15.2. The van der Waals surface area contributed by atoms with Crippen LogP contribution in [0.5, 0.6) is 0 Å². The maximum absolute atomic E-state index is 12.3. The van der Waals surface area contributed by atoms with Crippen molar-refractivity contribution < 1.29 is 8.42 Å². The van der Waals surface area contributed by atoms with Crippen LogP contribution in [0, 0.1) is 5.92 Å². The summed E-state index contributed by atoms with van der Waals surface area (Å²) in [6.07, 6.45) is 5.50. The van der Waals surface area contributed by atoms with E-state index in [0.29, 0.717) is 12.5 Å². The van der Waals surface area contributed by atoms with Crippen molar-refractivity contribution in [3.05, 3.63) is 76.3 Å². The van der Waals surface area contributed by atoms with Gasteiger partial charge in [0.05, 0.1) is 5.69 Å². The molecule has 1 unspecified atom stereocenters. The lowest BCUT2D eigenvalue weighted by Gasteiger charge is -2.10. The van der Waals surface area contributed by atoms with Crippen LogP contribution in [0.4, 0.5) is 0 Å². The number of nitrogens with zero attached hydrogens (tertiary/aromatic N) is 2. The minimum Gasteiger partial charge on any atom is -0.268 e. The molecule has 28 heavy (non-hydrogen) atoms. The number of hydrogen-bond donors (Lipinski definition) is 2. The van der Waals surface area contributed by atoms with Gasteiger partial charge in [0, 0.05) is 30.6 Å². The van der Waals surface area contributed by atoms with Crippen LogP contribution in [0.3, 0.4) is 0 Å². The highest BCUT2D eigenvalue weighted by Crippen LogP contribution is 2.31. The number of rotatable bonds is 6. The van der Waals surface area contributed by atoms with E-state index in [0.717, 1.165) is 30.5 Å². The van der Waals surface area contributed by atoms with Crippen LogP contribution in [-0.4, -0.2) is 30.1 Å². The minimum absolute atomic E-state index is 0.183. The number of sulfonamides is 1. The molecule has 2 N–H and O–H groups in total. The van der Waals surface area contributed by atoms with Crippen LogP contribution in [0.1, 0.15) is 17.5 Å². The van der Waals surface area contributed by atoms with Crippen LogP contribution in [0.2, 0.25) is 0 Å². The predicted octanol–water partition coefficient (Wildman–Crippen LogP) is 1.92. The van der Waals surface area contributed by atoms with Crippen LogP contribution >= 0.6 is 0 Å². The average Bonchev–Trinajstić information content (AvgIpc) is 3.11. The Morgan fingerprint density at radius 3 is 2.71 bits per heavy atom. The van der Waals surface area contributed by atoms with Gasteiger partial charge in [0.25, 0.3) is 5.56 Å². The van der Waals surface area contributed by atoms with Crippen molar-refractivity contribution in [3.63, 3.8) is 0 Å². The van der Waals surface area contributed by atoms with Gasteiger partial charge in [-0.1, -0.05) is 12.1 Å². The zero-order valence-electron chi connectivity index (χ0n) is 15.1. The van der Waals surface area contributed by atoms with Crippen LogP contribution < -0.4 is 10.3 Å². The standard InChI is InChI=1S/C20H20N4O3S/c25-20-6-5-19(23-24-20)16-4-3-15-10-14(11-17(15)12-16)7-9-22-28(26,27)18-2-1-8-21-13-18/h1-6,8,12-14,22H,7,9-11H2,(H,24,25). The third-order valence-electron chi connectivity index (χ3n) is 4.99. The molecular weight excluding hydrogens is 376 g/mol. The van der Waals surface area contributed by atoms with Gasteiger partial charge in [-0.05, 0) is 60.6 Å². The fourth-order valence-electron chi connectivity index (χ4n) is 3.56. The summed E-state index contributed by atoms with van der Waals surface area (Å²) in [5.74, 6) is 0.394. The van der Waals surface area contributed by atoms with Crippen molar-refractivity contribution in [1.29, 1.82) is 0 Å². The number of nitrogens with one attached hydrogen (secondary N) is 2. The molecule has 3 aromatic rings. The molecule has 0 aliphatic heterocycles. The second-order valence-electron chi connectivity index (χ2n) is 6.94. The first-order chi connectivity index (χ1) is 13.5. The van der Waals surface area contributed by atoms with E-state index in [1.165, 1.54) is 29.5 Å². The molecule has 1 aliphatic rings. The van der Waals surface area contributed by atoms with E-state index in [-0.39, 0.29) is 10.5 Å². The number of fused-ring (bicyclic) bond motifs is 1. The van der Waals surface area contributed by atoms with E-state index < -0.39 is 10.0 Å². The highest BCUT2D eigenvalue weighted by Gasteiger charge is 2.23. The fraction of sp³-hybridized carbons (Fsp3) is 0.250. The zero-order valence-corrected chi connectivity index (χ0v) is 15.9. The van der Waals surface area contributed by atoms with Crippen LogP contribution in [0.25, 0.3) is 11.3 Å². The number of pyridine rings is 1. The largest absolute Gasteiger partial charge is 0.268 e. The Kier molecular flexibility index (Phi) is 5.06. The summed E-state index contributed by atoms with van der Waals surface area (Å²) >= 11 is 0. The quantitative estimate of drug-likeness (QED) is 0.662. The van der Waals surface area contributed by atoms with Gasteiger partial charge in [-0.15, -0.1) is 0 Å². The Hall–Kier alpha value is -2.84. The molecule has 0 radical (unpaired) electrons. The summed E-state index contributed by atoms with van der Waals surface area (Å²) < 4.78 is 27.2. The molecule has 0 amide bonds. The molecule has 144 valence electrons. The number of hydrogen-bond acceptors (Lipinski definition) is 5. The van der Waals surface area contributed by atoms with E-state index >= 15 is 0 Å². The molecule has 1 aliphatic carbocycles. The van der Waals surface area contributed by atoms with Gasteiger partial charge in [0.1, 0.15) is 4.90 Å². The van der Waals surface area contributed by atoms with Crippen LogP contribution in [-0.2, 0) is 22.9 Å². The van der Waals surface area contributed by atoms with E-state index in [1.807, 2.05) is 6.07 Å². The molecule has 0 bridgehead atoms. The summed E-state index contributed by atoms with van der Waals surface area (Å²) in [6, 6.07) is 12.5. The zero-order chi connectivity index (χ0) is 19.6. The Balaban J connectivity index is 1.37. The molecule has 2 heterocycles. The van der Waals surface area contributed by atoms with Gasteiger partial charge in [0.2, 0.25) is 10.0 Å². The summed E-state index contributed by atoms with van der Waals surface area (Å²) in [5, 5.41) is 6.53. The Morgan fingerprint density at radius 1 is 1.11 bits per heavy atom. The molecule has 4 rings (SSSR count). The maximum atomic E-state index is 12.3. The predicted molar refractivity (Wildman–Crippen MR) is 105 cm³/mol. The number of benzene rings is 1. The molecule has 0 spiro atoms. The van der Waals surface area contributed by atoms with Crippen molar-refractivity contribution in [2.75, 3.05) is 6.54 Å². The van der Waals surface area contributed by atoms with Gasteiger partial charge < -0.3 is 0 Å². The first-order valence-corrected chi connectivity index (χ1v) is 10.6. The number of H-pyrrole nitrogens is 1. The van der Waals surface area contributed by atoms with Crippen LogP contribution in [0.15, 0.2) is 64.5 Å². The van der Waals surface area contributed by atoms with Gasteiger partial charge in [-0.3, -0.25) is 9.78 Å². The Morgan fingerprint density at radius 2 is 1.96 bits per heavy atom. The molecule has 0 fully saturated rings. The summed E-state index contributed by atoms with van der Waals surface area (Å²) in [5.41, 5.74) is 4.01. The second kappa shape index (κ2) is 7.65. The van der Waals surface area contributed by atoms with Crippen molar-refractivity contribution in [1.82, 2.24) is 19.9 Å². The van der Waals surface area contributed by atoms with Gasteiger partial charge in [-0.25, -0.2) is 18.2 Å². The van der Waals surface area contributed by atoms with E-state index in [4.69, 9.17) is 0 Å². The molecule has 1 atom stereocenters. The lowest BCUT2D eigenvalue weighted by Crippen LogP contribution is -2.26. The van der Waals surface area contributed by atoms with E-state index in [1.54, 1.807) is 18.3 Å². The second-order valence-corrected chi connectivity index (χ2v) is 8.71. The third-order valence-corrected chi connectivity index (χ3v) is 6.43. The average molecular weight is 396 g/mol. The van der Waals surface area contributed by atoms with E-state index in [9.17, 15) is 13.2 Å². The van der Waals surface area contributed by atoms with Crippen molar-refractivity contribution in [3.8, 4) is 11.3 Å². The maximum Gasteiger partial charge on any atom is 0.264 e. The molecule has 0 saturated carbocycles. The molecule has 2 aromatic heterocycles.